The molecule has 2 atom stereocenters. The van der Waals surface area contributed by atoms with Crippen LogP contribution in [-0.2, 0) is 0 Å². The Labute approximate surface area is 161 Å². The summed E-state index contributed by atoms with van der Waals surface area (Å²) in [6.07, 6.45) is 3.81. The van der Waals surface area contributed by atoms with E-state index in [1.54, 1.807) is 0 Å². The highest BCUT2D eigenvalue weighted by Gasteiger charge is 2.20. The van der Waals surface area contributed by atoms with Crippen LogP contribution in [0.5, 0.6) is 0 Å². The first kappa shape index (κ1) is 23.0. The van der Waals surface area contributed by atoms with Crippen LogP contribution in [0.3, 0.4) is 0 Å². The number of hydrogen-bond acceptors (Lipinski definition) is 2. The number of nitrogens with one attached hydrogen (secondary N) is 2. The van der Waals surface area contributed by atoms with Gasteiger partial charge in [0.15, 0.2) is 5.96 Å². The predicted molar refractivity (Wildman–Crippen MR) is 113 cm³/mol. The van der Waals surface area contributed by atoms with Crippen molar-refractivity contribution < 1.29 is 0 Å². The highest BCUT2D eigenvalue weighted by Crippen LogP contribution is 2.20. The highest BCUT2D eigenvalue weighted by atomic mass is 127. The minimum absolute atomic E-state index is 0. The lowest BCUT2D eigenvalue weighted by atomic mass is 9.92. The summed E-state index contributed by atoms with van der Waals surface area (Å²) < 4.78 is 0. The number of guanidine groups is 1. The topological polar surface area (TPSA) is 39.7 Å². The highest BCUT2D eigenvalue weighted by molar-refractivity contribution is 14.0. The van der Waals surface area contributed by atoms with Gasteiger partial charge in [0, 0.05) is 31.7 Å². The number of rotatable bonds is 6. The number of unbranched alkanes of at least 4 members (excludes halogenated alkanes) is 1. The van der Waals surface area contributed by atoms with Crippen molar-refractivity contribution in [2.75, 3.05) is 32.7 Å². The van der Waals surface area contributed by atoms with Crippen molar-refractivity contribution in [2.24, 2.45) is 16.8 Å². The van der Waals surface area contributed by atoms with Crippen LogP contribution < -0.4 is 10.6 Å². The Morgan fingerprint density at radius 2 is 1.74 bits per heavy atom. The molecule has 1 saturated heterocycles. The van der Waals surface area contributed by atoms with Gasteiger partial charge in [0.2, 0.25) is 0 Å². The zero-order valence-electron chi connectivity index (χ0n) is 16.1. The second-order valence-electron chi connectivity index (χ2n) is 8.05. The van der Waals surface area contributed by atoms with Gasteiger partial charge in [-0.2, -0.15) is 0 Å². The van der Waals surface area contributed by atoms with Gasteiger partial charge in [-0.25, -0.2) is 0 Å². The van der Waals surface area contributed by atoms with Gasteiger partial charge in [-0.15, -0.1) is 24.0 Å². The Morgan fingerprint density at radius 1 is 1.13 bits per heavy atom. The zero-order valence-corrected chi connectivity index (χ0v) is 18.4. The fourth-order valence-electron chi connectivity index (χ4n) is 3.27. The van der Waals surface area contributed by atoms with Crippen LogP contribution in [0.25, 0.3) is 0 Å². The molecule has 2 unspecified atom stereocenters. The monoisotopic (exact) mass is 438 g/mol. The standard InChI is InChI=1S/C18H38N4.HI/c1-7-19-17(21-18(4,5)6)20-10-8-9-11-22-13-15(2)12-16(3)14-22;/h15-16H,7-14H2,1-6H3,(H2,19,20,21);1H. The maximum atomic E-state index is 4.69. The van der Waals surface area contributed by atoms with E-state index in [4.69, 9.17) is 0 Å². The predicted octanol–water partition coefficient (Wildman–Crippen LogP) is 3.72. The molecule has 4 nitrogen and oxygen atoms in total. The molecule has 23 heavy (non-hydrogen) atoms. The van der Waals surface area contributed by atoms with Crippen molar-refractivity contribution in [3.63, 3.8) is 0 Å². The number of aliphatic imine (C=N–C) groups is 1. The fourth-order valence-corrected chi connectivity index (χ4v) is 3.27. The molecule has 5 heteroatoms. The summed E-state index contributed by atoms with van der Waals surface area (Å²) in [5.41, 5.74) is 0.0566. The SMILES string of the molecule is CCNC(=NCCCCN1CC(C)CC(C)C1)NC(C)(C)C.I. The Morgan fingerprint density at radius 3 is 2.26 bits per heavy atom. The van der Waals surface area contributed by atoms with E-state index in [1.807, 2.05) is 0 Å². The van der Waals surface area contributed by atoms with Gasteiger partial charge in [-0.05, 0) is 65.3 Å². The first-order valence-electron chi connectivity index (χ1n) is 9.09. The molecule has 1 aliphatic rings. The number of piperidine rings is 1. The van der Waals surface area contributed by atoms with E-state index in [9.17, 15) is 0 Å². The van der Waals surface area contributed by atoms with Crippen molar-refractivity contribution in [3.8, 4) is 0 Å². The van der Waals surface area contributed by atoms with Crippen LogP contribution in [-0.4, -0.2) is 49.1 Å². The summed E-state index contributed by atoms with van der Waals surface area (Å²) >= 11 is 0. The van der Waals surface area contributed by atoms with Gasteiger partial charge < -0.3 is 15.5 Å². The van der Waals surface area contributed by atoms with Crippen molar-refractivity contribution in [1.82, 2.24) is 15.5 Å². The average molecular weight is 438 g/mol. The van der Waals surface area contributed by atoms with Crippen LogP contribution in [0, 0.1) is 11.8 Å². The lowest BCUT2D eigenvalue weighted by Gasteiger charge is -2.34. The summed E-state index contributed by atoms with van der Waals surface area (Å²) in [6.45, 7) is 19.0. The van der Waals surface area contributed by atoms with Crippen molar-refractivity contribution >= 4 is 29.9 Å². The van der Waals surface area contributed by atoms with E-state index in [1.165, 1.54) is 38.9 Å². The number of likely N-dealkylation sites (tertiary alicyclic amines) is 1. The summed E-state index contributed by atoms with van der Waals surface area (Å²) in [5.74, 6) is 2.66. The number of nitrogens with zero attached hydrogens (tertiary/aromatic N) is 2. The van der Waals surface area contributed by atoms with Crippen LogP contribution in [0.2, 0.25) is 0 Å². The smallest absolute Gasteiger partial charge is 0.191 e. The second kappa shape index (κ2) is 11.5. The minimum atomic E-state index is 0. The third kappa shape index (κ3) is 11.2. The summed E-state index contributed by atoms with van der Waals surface area (Å²) in [5, 5.41) is 6.76. The van der Waals surface area contributed by atoms with Gasteiger partial charge in [0.25, 0.3) is 0 Å². The van der Waals surface area contributed by atoms with Crippen LogP contribution >= 0.6 is 24.0 Å². The summed E-state index contributed by atoms with van der Waals surface area (Å²) in [4.78, 5) is 7.33. The first-order valence-corrected chi connectivity index (χ1v) is 9.09. The van der Waals surface area contributed by atoms with E-state index >= 15 is 0 Å². The van der Waals surface area contributed by atoms with Gasteiger partial charge >= 0.3 is 0 Å². The molecule has 0 aromatic carbocycles. The van der Waals surface area contributed by atoms with Gasteiger partial charge in [-0.3, -0.25) is 4.99 Å². The molecule has 0 aromatic rings. The summed E-state index contributed by atoms with van der Waals surface area (Å²) in [7, 11) is 0. The molecule has 138 valence electrons. The van der Waals surface area contributed by atoms with Crippen LogP contribution in [0.4, 0.5) is 0 Å². The molecule has 1 aliphatic heterocycles. The van der Waals surface area contributed by atoms with Crippen molar-refractivity contribution in [2.45, 2.75) is 66.3 Å². The molecule has 0 saturated carbocycles. The zero-order chi connectivity index (χ0) is 16.6. The quantitative estimate of drug-likeness (QED) is 0.288. The van der Waals surface area contributed by atoms with E-state index in [0.29, 0.717) is 0 Å². The van der Waals surface area contributed by atoms with Crippen LogP contribution in [0.15, 0.2) is 4.99 Å². The molecule has 0 bridgehead atoms. The Kier molecular flexibility index (Phi) is 11.5. The lowest BCUT2D eigenvalue weighted by molar-refractivity contribution is 0.139. The van der Waals surface area contributed by atoms with Crippen molar-refractivity contribution in [3.05, 3.63) is 0 Å². The molecule has 0 aromatic heterocycles. The Bertz CT molecular complexity index is 328. The van der Waals surface area contributed by atoms with E-state index in [2.05, 4.69) is 62.1 Å². The first-order chi connectivity index (χ1) is 10.3. The molecule has 0 aliphatic carbocycles. The molecule has 0 amide bonds. The van der Waals surface area contributed by atoms with Crippen LogP contribution in [0.1, 0.15) is 60.8 Å². The third-order valence-electron chi connectivity index (χ3n) is 3.93. The molecule has 0 spiro atoms. The van der Waals surface area contributed by atoms with Gasteiger partial charge in [0.05, 0.1) is 0 Å². The van der Waals surface area contributed by atoms with E-state index in [0.717, 1.165) is 30.9 Å². The molecular weight excluding hydrogens is 399 g/mol. The third-order valence-corrected chi connectivity index (χ3v) is 3.93. The van der Waals surface area contributed by atoms with Gasteiger partial charge in [0.1, 0.15) is 0 Å². The maximum Gasteiger partial charge on any atom is 0.191 e. The number of hydrogen-bond donors (Lipinski definition) is 2. The summed E-state index contributed by atoms with van der Waals surface area (Å²) in [6, 6.07) is 0. The van der Waals surface area contributed by atoms with E-state index < -0.39 is 0 Å². The fraction of sp³-hybridized carbons (Fsp3) is 0.944. The second-order valence-corrected chi connectivity index (χ2v) is 8.05. The lowest BCUT2D eigenvalue weighted by Crippen LogP contribution is -2.47. The molecule has 1 fully saturated rings. The normalized spacial score (nSPS) is 23.3. The molecular formula is C18H39IN4. The Hall–Kier alpha value is -0.0400. The Balaban J connectivity index is 0.00000484. The molecule has 0 radical (unpaired) electrons. The van der Waals surface area contributed by atoms with Crippen molar-refractivity contribution in [1.29, 1.82) is 0 Å². The maximum absolute atomic E-state index is 4.69. The molecule has 1 rings (SSSR count). The number of halogens is 1. The van der Waals surface area contributed by atoms with Gasteiger partial charge in [-0.1, -0.05) is 13.8 Å². The van der Waals surface area contributed by atoms with E-state index in [-0.39, 0.29) is 29.5 Å². The average Bonchev–Trinajstić information content (AvgIpc) is 2.35. The largest absolute Gasteiger partial charge is 0.357 e. The molecule has 1 heterocycles. The minimum Gasteiger partial charge on any atom is -0.357 e. The molecule has 2 N–H and O–H groups in total.